The van der Waals surface area contributed by atoms with Crippen LogP contribution < -0.4 is 21.1 Å². The van der Waals surface area contributed by atoms with E-state index in [1.165, 1.54) is 0 Å². The summed E-state index contributed by atoms with van der Waals surface area (Å²) in [6.45, 7) is 15.3. The maximum atomic E-state index is 14.0. The summed E-state index contributed by atoms with van der Waals surface area (Å²) in [5.41, 5.74) is 4.12. The molecule has 1 atom stereocenters. The van der Waals surface area contributed by atoms with Crippen LogP contribution in [0.5, 0.6) is 17.2 Å². The molecule has 0 bridgehead atoms. The van der Waals surface area contributed by atoms with Crippen LogP contribution in [0.15, 0.2) is 94.1 Å². The topological polar surface area (TPSA) is 144 Å². The normalized spacial score (nSPS) is 17.9. The molecule has 1 aromatic heterocycles. The minimum Gasteiger partial charge on any atom is -0.506 e. The molecule has 1 amide bonds. The summed E-state index contributed by atoms with van der Waals surface area (Å²) in [4.78, 5) is 40.6. The highest BCUT2D eigenvalue weighted by Crippen LogP contribution is 2.49. The molecule has 0 radical (unpaired) electrons. The lowest BCUT2D eigenvalue weighted by Gasteiger charge is -2.39. The van der Waals surface area contributed by atoms with Gasteiger partial charge in [-0.1, -0.05) is 69.3 Å². The van der Waals surface area contributed by atoms with Gasteiger partial charge < -0.3 is 39.0 Å². The van der Waals surface area contributed by atoms with Crippen LogP contribution in [-0.4, -0.2) is 67.6 Å². The zero-order valence-electron chi connectivity index (χ0n) is 36.5. The van der Waals surface area contributed by atoms with Crippen LogP contribution in [0.3, 0.4) is 0 Å². The van der Waals surface area contributed by atoms with Crippen LogP contribution in [0.25, 0.3) is 11.1 Å². The van der Waals surface area contributed by atoms with E-state index in [0.717, 1.165) is 66.4 Å². The SMILES string of the molecule is CN(CCCn1c(=O)oc2cc(CNC[C@H](O[Si](C)(C)C(C)(C)C)c3ccc(O)c(NC=O)c3)ccc21)[C@H]1CC[C@H](OC(=O)C2(C)c3ccccc3Oc3ccccc32)CC1. The maximum Gasteiger partial charge on any atom is 0.419 e. The number of phenols is 1. The molecule has 13 heteroatoms. The van der Waals surface area contributed by atoms with Crippen molar-refractivity contribution in [1.29, 1.82) is 0 Å². The molecule has 2 heterocycles. The number of aryl methyl sites for hydroxylation is 1. The van der Waals surface area contributed by atoms with Gasteiger partial charge in [-0.05, 0) is 118 Å². The number of aromatic hydroxyl groups is 1. The Hall–Kier alpha value is -5.21. The Balaban J connectivity index is 0.912. The van der Waals surface area contributed by atoms with Gasteiger partial charge in [-0.3, -0.25) is 14.2 Å². The first-order valence-electron chi connectivity index (χ1n) is 21.4. The monoisotopic (exact) mass is 848 g/mol. The fourth-order valence-electron chi connectivity index (χ4n) is 8.43. The van der Waals surface area contributed by atoms with E-state index in [1.54, 1.807) is 16.7 Å². The number of benzene rings is 4. The van der Waals surface area contributed by atoms with Crippen molar-refractivity contribution < 1.29 is 33.0 Å². The number of para-hydroxylation sites is 2. The number of hydrogen-bond acceptors (Lipinski definition) is 10. The molecule has 324 valence electrons. The summed E-state index contributed by atoms with van der Waals surface area (Å²) in [5.74, 6) is 0.733. The van der Waals surface area contributed by atoms with Gasteiger partial charge in [-0.25, -0.2) is 4.79 Å². The highest BCUT2D eigenvalue weighted by Gasteiger charge is 2.47. The summed E-state index contributed by atoms with van der Waals surface area (Å²) in [7, 11) is -0.0666. The smallest absolute Gasteiger partial charge is 0.419 e. The van der Waals surface area contributed by atoms with Crippen LogP contribution >= 0.6 is 0 Å². The molecule has 12 nitrogen and oxygen atoms in total. The Bertz CT molecular complexity index is 2370. The maximum absolute atomic E-state index is 14.0. The molecule has 1 saturated carbocycles. The third-order valence-electron chi connectivity index (χ3n) is 13.2. The van der Waals surface area contributed by atoms with Crippen molar-refractivity contribution in [2.45, 2.75) is 115 Å². The zero-order chi connectivity index (χ0) is 43.5. The molecule has 1 aliphatic heterocycles. The van der Waals surface area contributed by atoms with E-state index in [0.29, 0.717) is 54.9 Å². The number of carbonyl (C=O) groups excluding carboxylic acids is 2. The Labute approximate surface area is 359 Å². The number of rotatable bonds is 16. The van der Waals surface area contributed by atoms with E-state index in [2.05, 4.69) is 56.4 Å². The predicted octanol–water partition coefficient (Wildman–Crippen LogP) is 9.01. The highest BCUT2D eigenvalue weighted by atomic mass is 28.4. The van der Waals surface area contributed by atoms with Gasteiger partial charge in [0.1, 0.15) is 28.8 Å². The molecule has 1 fully saturated rings. The molecule has 0 saturated heterocycles. The van der Waals surface area contributed by atoms with Gasteiger partial charge in [0.05, 0.1) is 17.3 Å². The van der Waals surface area contributed by atoms with Crippen LogP contribution in [0, 0.1) is 0 Å². The van der Waals surface area contributed by atoms with Crippen molar-refractivity contribution in [3.05, 3.63) is 118 Å². The number of aromatic nitrogens is 1. The van der Waals surface area contributed by atoms with E-state index in [4.69, 9.17) is 18.3 Å². The lowest BCUT2D eigenvalue weighted by Crippen LogP contribution is -2.43. The number of nitrogens with zero attached hydrogens (tertiary/aromatic N) is 2. The standard InChI is InChI=1S/C48H60N4O8Si/c1-47(2,3)61(6,7)60-44(33-18-24-40(54)38(28-33)50-31-53)30-49-29-32-17-23-39-43(27-32)59-46(56)52(39)26-12-25-51(5)34-19-21-35(22-20-34)57-45(55)48(4)36-13-8-10-15-41(36)58-42-16-11-9-14-37(42)48/h8-11,13-18,23-24,27-28,31,34-35,44,49,54H,12,19-22,25-26,29-30H2,1-7H3,(H,50,53)/t34-,35-,44-/m0/s1. The summed E-state index contributed by atoms with van der Waals surface area (Å²) in [6.07, 6.45) is 4.27. The van der Waals surface area contributed by atoms with Gasteiger partial charge in [0.15, 0.2) is 13.9 Å². The zero-order valence-corrected chi connectivity index (χ0v) is 37.5. The Kier molecular flexibility index (Phi) is 13.0. The van der Waals surface area contributed by atoms with Crippen molar-refractivity contribution in [2.75, 3.05) is 25.5 Å². The third kappa shape index (κ3) is 9.35. The van der Waals surface area contributed by atoms with Crippen molar-refractivity contribution in [3.8, 4) is 17.2 Å². The first kappa shape index (κ1) is 43.9. The molecule has 61 heavy (non-hydrogen) atoms. The second-order valence-corrected chi connectivity index (χ2v) is 23.0. The van der Waals surface area contributed by atoms with Gasteiger partial charge in [-0.2, -0.15) is 0 Å². The van der Waals surface area contributed by atoms with E-state index in [1.807, 2.05) is 79.7 Å². The molecule has 2 aliphatic rings. The third-order valence-corrected chi connectivity index (χ3v) is 17.6. The Morgan fingerprint density at radius 2 is 1.67 bits per heavy atom. The van der Waals surface area contributed by atoms with Gasteiger partial charge in [0.25, 0.3) is 0 Å². The Morgan fingerprint density at radius 1 is 1.00 bits per heavy atom. The lowest BCUT2D eigenvalue weighted by molar-refractivity contribution is -0.156. The minimum atomic E-state index is -2.20. The first-order valence-corrected chi connectivity index (χ1v) is 24.3. The quantitative estimate of drug-likeness (QED) is 0.0381. The number of phenolic OH excluding ortho intramolecular Hbond substituents is 1. The molecule has 1 aliphatic carbocycles. The van der Waals surface area contributed by atoms with E-state index in [-0.39, 0.29) is 34.7 Å². The number of hydrogen-bond donors (Lipinski definition) is 3. The molecule has 4 aromatic carbocycles. The summed E-state index contributed by atoms with van der Waals surface area (Å²) >= 11 is 0. The van der Waals surface area contributed by atoms with Gasteiger partial charge in [0.2, 0.25) is 6.41 Å². The molecule has 5 aromatic rings. The second-order valence-electron chi connectivity index (χ2n) is 18.2. The van der Waals surface area contributed by atoms with Crippen molar-refractivity contribution >= 4 is 37.5 Å². The van der Waals surface area contributed by atoms with Crippen molar-refractivity contribution in [3.63, 3.8) is 0 Å². The number of oxazole rings is 1. The number of ether oxygens (including phenoxy) is 2. The number of esters is 1. The average molecular weight is 849 g/mol. The summed E-state index contributed by atoms with van der Waals surface area (Å²) in [6, 6.07) is 26.8. The largest absolute Gasteiger partial charge is 0.506 e. The number of amides is 1. The minimum absolute atomic E-state index is 0.0114. The fraction of sp³-hybridized carbons (Fsp3) is 0.438. The van der Waals surface area contributed by atoms with Gasteiger partial charge >= 0.3 is 11.7 Å². The van der Waals surface area contributed by atoms with E-state index < -0.39 is 13.7 Å². The first-order chi connectivity index (χ1) is 29.1. The van der Waals surface area contributed by atoms with E-state index in [9.17, 15) is 19.5 Å². The lowest BCUT2D eigenvalue weighted by atomic mass is 9.74. The molecule has 0 unspecified atom stereocenters. The van der Waals surface area contributed by atoms with Gasteiger partial charge in [-0.15, -0.1) is 0 Å². The molecular formula is C48H60N4O8Si. The van der Waals surface area contributed by atoms with Gasteiger partial charge in [0, 0.05) is 36.8 Å². The average Bonchev–Trinajstić information content (AvgIpc) is 3.54. The van der Waals surface area contributed by atoms with Crippen molar-refractivity contribution in [1.82, 2.24) is 14.8 Å². The number of carbonyl (C=O) groups is 2. The van der Waals surface area contributed by atoms with Crippen LogP contribution in [0.2, 0.25) is 18.1 Å². The number of anilines is 1. The molecule has 0 spiro atoms. The number of fused-ring (bicyclic) bond motifs is 3. The second kappa shape index (κ2) is 18.0. The molecular weight excluding hydrogens is 789 g/mol. The van der Waals surface area contributed by atoms with Crippen LogP contribution in [0.4, 0.5) is 5.69 Å². The predicted molar refractivity (Wildman–Crippen MR) is 240 cm³/mol. The van der Waals surface area contributed by atoms with Crippen molar-refractivity contribution in [2.24, 2.45) is 0 Å². The molecule has 3 N–H and O–H groups in total. The van der Waals surface area contributed by atoms with Crippen LogP contribution in [-0.2, 0) is 37.3 Å². The van der Waals surface area contributed by atoms with Crippen LogP contribution in [0.1, 0.15) is 88.2 Å². The summed E-state index contributed by atoms with van der Waals surface area (Å²) in [5, 5.41) is 16.3. The highest BCUT2D eigenvalue weighted by molar-refractivity contribution is 6.74. The van der Waals surface area contributed by atoms with E-state index >= 15 is 0 Å². The fourth-order valence-corrected chi connectivity index (χ4v) is 9.71. The number of nitrogens with one attached hydrogen (secondary N) is 2. The molecule has 7 rings (SSSR count). The summed E-state index contributed by atoms with van der Waals surface area (Å²) < 4.78 is 26.7. The Morgan fingerprint density at radius 3 is 2.33 bits per heavy atom.